The van der Waals surface area contributed by atoms with E-state index in [-0.39, 0.29) is 17.5 Å². The van der Waals surface area contributed by atoms with Gasteiger partial charge in [0, 0.05) is 42.8 Å². The van der Waals surface area contributed by atoms with Crippen LogP contribution in [0.3, 0.4) is 0 Å². The summed E-state index contributed by atoms with van der Waals surface area (Å²) in [6.07, 6.45) is 0. The zero-order chi connectivity index (χ0) is 19.7. The molecule has 0 unspecified atom stereocenters. The predicted molar refractivity (Wildman–Crippen MR) is 111 cm³/mol. The van der Waals surface area contributed by atoms with E-state index >= 15 is 0 Å². The molecule has 4 rings (SSSR count). The van der Waals surface area contributed by atoms with Gasteiger partial charge in [-0.15, -0.1) is 11.3 Å². The molecule has 1 aliphatic heterocycles. The van der Waals surface area contributed by atoms with E-state index in [1.165, 1.54) is 24.5 Å². The molecular formula is C21H20ClFN2O2S. The Morgan fingerprint density at radius 3 is 2.61 bits per heavy atom. The van der Waals surface area contributed by atoms with Gasteiger partial charge in [0.05, 0.1) is 12.1 Å². The highest BCUT2D eigenvalue weighted by molar-refractivity contribution is 7.21. The highest BCUT2D eigenvalue weighted by atomic mass is 35.5. The first-order valence-electron chi connectivity index (χ1n) is 9.08. The van der Waals surface area contributed by atoms with Crippen molar-refractivity contribution in [2.75, 3.05) is 33.3 Å². The maximum absolute atomic E-state index is 13.9. The first-order valence-corrected chi connectivity index (χ1v) is 10.3. The minimum absolute atomic E-state index is 0.0126. The molecule has 1 saturated heterocycles. The lowest BCUT2D eigenvalue weighted by Gasteiger charge is -2.34. The molecule has 1 fully saturated rings. The van der Waals surface area contributed by atoms with Crippen molar-refractivity contribution in [1.29, 1.82) is 0 Å². The summed E-state index contributed by atoms with van der Waals surface area (Å²) < 4.78 is 19.9. The molecule has 3 aromatic rings. The molecule has 0 saturated carbocycles. The summed E-state index contributed by atoms with van der Waals surface area (Å²) in [5, 5.41) is 1.47. The molecule has 2 aromatic carbocycles. The molecule has 0 bridgehead atoms. The van der Waals surface area contributed by atoms with E-state index < -0.39 is 0 Å². The number of carbonyl (C=O) groups is 1. The number of piperazine rings is 1. The maximum Gasteiger partial charge on any atom is 0.265 e. The quantitative estimate of drug-likeness (QED) is 0.617. The van der Waals surface area contributed by atoms with Crippen LogP contribution in [0.15, 0.2) is 42.5 Å². The molecule has 28 heavy (non-hydrogen) atoms. The number of benzene rings is 2. The molecule has 0 atom stereocenters. The van der Waals surface area contributed by atoms with Crippen LogP contribution in [0.25, 0.3) is 10.1 Å². The molecule has 0 aliphatic carbocycles. The summed E-state index contributed by atoms with van der Waals surface area (Å²) in [7, 11) is 1.46. The molecule has 1 amide bonds. The third-order valence-corrected chi connectivity index (χ3v) is 6.67. The average Bonchev–Trinajstić information content (AvgIpc) is 3.05. The van der Waals surface area contributed by atoms with Gasteiger partial charge in [-0.1, -0.05) is 35.9 Å². The summed E-state index contributed by atoms with van der Waals surface area (Å²) in [4.78, 5) is 17.6. The first-order chi connectivity index (χ1) is 13.6. The zero-order valence-electron chi connectivity index (χ0n) is 15.5. The number of nitrogens with zero attached hydrogens (tertiary/aromatic N) is 2. The Balaban J connectivity index is 1.40. The second-order valence-electron chi connectivity index (χ2n) is 6.78. The van der Waals surface area contributed by atoms with Gasteiger partial charge < -0.3 is 9.64 Å². The van der Waals surface area contributed by atoms with Crippen LogP contribution in [0.4, 0.5) is 4.39 Å². The fourth-order valence-electron chi connectivity index (χ4n) is 3.47. The van der Waals surface area contributed by atoms with Crippen LogP contribution in [0.2, 0.25) is 5.02 Å². The maximum atomic E-state index is 13.9. The number of hydrogen-bond donors (Lipinski definition) is 0. The number of rotatable bonds is 4. The molecule has 4 nitrogen and oxygen atoms in total. The minimum atomic E-state index is -0.354. The van der Waals surface area contributed by atoms with Gasteiger partial charge in [0.2, 0.25) is 0 Å². The Kier molecular flexibility index (Phi) is 5.53. The number of fused-ring (bicyclic) bond motifs is 1. The highest BCUT2D eigenvalue weighted by Gasteiger charge is 2.26. The Morgan fingerprint density at radius 1 is 1.18 bits per heavy atom. The van der Waals surface area contributed by atoms with E-state index in [4.69, 9.17) is 16.3 Å². The number of halogens is 2. The van der Waals surface area contributed by atoms with Gasteiger partial charge in [-0.2, -0.15) is 0 Å². The van der Waals surface area contributed by atoms with Crippen molar-refractivity contribution in [1.82, 2.24) is 9.80 Å². The van der Waals surface area contributed by atoms with Crippen molar-refractivity contribution < 1.29 is 13.9 Å². The number of thiophene rings is 1. The van der Waals surface area contributed by atoms with Crippen molar-refractivity contribution >= 4 is 38.9 Å². The van der Waals surface area contributed by atoms with Gasteiger partial charge in [0.15, 0.2) is 11.6 Å². The van der Waals surface area contributed by atoms with Gasteiger partial charge >= 0.3 is 0 Å². The largest absolute Gasteiger partial charge is 0.494 e. The van der Waals surface area contributed by atoms with Crippen molar-refractivity contribution in [2.45, 2.75) is 6.54 Å². The van der Waals surface area contributed by atoms with Gasteiger partial charge in [0.1, 0.15) is 4.88 Å². The van der Waals surface area contributed by atoms with Gasteiger partial charge in [-0.05, 0) is 23.8 Å². The van der Waals surface area contributed by atoms with E-state index in [2.05, 4.69) is 4.90 Å². The summed E-state index contributed by atoms with van der Waals surface area (Å²) in [5.74, 6) is -0.117. The van der Waals surface area contributed by atoms with Crippen molar-refractivity contribution in [3.63, 3.8) is 0 Å². The lowest BCUT2D eigenvalue weighted by molar-refractivity contribution is 0.0633. The van der Waals surface area contributed by atoms with Crippen LogP contribution < -0.4 is 4.74 Å². The van der Waals surface area contributed by atoms with Crippen LogP contribution >= 0.6 is 22.9 Å². The summed E-state index contributed by atoms with van der Waals surface area (Å²) >= 11 is 7.90. The third kappa shape index (κ3) is 3.72. The zero-order valence-corrected chi connectivity index (χ0v) is 17.0. The molecule has 0 spiro atoms. The standard InChI is InChI=1S/C21H20ClFN2O2S/c1-27-17-7-6-14(12-16(17)23)13-24-8-10-25(11-9-24)21(26)20-19(22)15-4-2-3-5-18(15)28-20/h2-7,12H,8-11,13H2,1H3. The Morgan fingerprint density at radius 2 is 1.93 bits per heavy atom. The molecule has 7 heteroatoms. The second kappa shape index (κ2) is 8.07. The molecule has 2 heterocycles. The Hall–Kier alpha value is -2.15. The number of carbonyl (C=O) groups excluding carboxylic acids is 1. The number of hydrogen-bond acceptors (Lipinski definition) is 4. The Bertz CT molecular complexity index is 1010. The fourth-order valence-corrected chi connectivity index (χ4v) is 4.95. The topological polar surface area (TPSA) is 32.8 Å². The number of ether oxygens (including phenoxy) is 1. The van der Waals surface area contributed by atoms with E-state index in [0.717, 1.165) is 28.7 Å². The van der Waals surface area contributed by atoms with Crippen LogP contribution in [-0.4, -0.2) is 49.0 Å². The SMILES string of the molecule is COc1ccc(CN2CCN(C(=O)c3sc4ccccc4c3Cl)CC2)cc1F. The van der Waals surface area contributed by atoms with Crippen LogP contribution in [0.5, 0.6) is 5.75 Å². The normalized spacial score (nSPS) is 15.2. The molecule has 1 aromatic heterocycles. The van der Waals surface area contributed by atoms with Gasteiger partial charge in [-0.3, -0.25) is 9.69 Å². The van der Waals surface area contributed by atoms with E-state index in [1.807, 2.05) is 35.2 Å². The third-order valence-electron chi connectivity index (χ3n) is 5.01. The van der Waals surface area contributed by atoms with Gasteiger partial charge in [-0.25, -0.2) is 4.39 Å². The second-order valence-corrected chi connectivity index (χ2v) is 8.21. The predicted octanol–water partition coefficient (Wildman–Crippen LogP) is 4.66. The fraction of sp³-hybridized carbons (Fsp3) is 0.286. The van der Waals surface area contributed by atoms with Crippen molar-refractivity contribution in [2.24, 2.45) is 0 Å². The van der Waals surface area contributed by atoms with Crippen LogP contribution in [0.1, 0.15) is 15.2 Å². The smallest absolute Gasteiger partial charge is 0.265 e. The summed E-state index contributed by atoms with van der Waals surface area (Å²) in [5.41, 5.74) is 0.894. The van der Waals surface area contributed by atoms with Crippen molar-refractivity contribution in [3.8, 4) is 5.75 Å². The number of methoxy groups -OCH3 is 1. The monoisotopic (exact) mass is 418 g/mol. The van der Waals surface area contributed by atoms with Gasteiger partial charge in [0.25, 0.3) is 5.91 Å². The van der Waals surface area contributed by atoms with E-state index in [0.29, 0.717) is 29.5 Å². The Labute approximate surface area is 172 Å². The van der Waals surface area contributed by atoms with E-state index in [1.54, 1.807) is 6.07 Å². The number of amides is 1. The first kappa shape index (κ1) is 19.2. The highest BCUT2D eigenvalue weighted by Crippen LogP contribution is 2.36. The summed E-state index contributed by atoms with van der Waals surface area (Å²) in [6.45, 7) is 3.38. The molecular weight excluding hydrogens is 399 g/mol. The molecule has 0 radical (unpaired) electrons. The average molecular weight is 419 g/mol. The molecule has 1 aliphatic rings. The lowest BCUT2D eigenvalue weighted by Crippen LogP contribution is -2.48. The van der Waals surface area contributed by atoms with E-state index in [9.17, 15) is 9.18 Å². The van der Waals surface area contributed by atoms with Crippen LogP contribution in [-0.2, 0) is 6.54 Å². The minimum Gasteiger partial charge on any atom is -0.494 e. The molecule has 146 valence electrons. The summed E-state index contributed by atoms with van der Waals surface area (Å²) in [6, 6.07) is 12.8. The lowest BCUT2D eigenvalue weighted by atomic mass is 10.1. The van der Waals surface area contributed by atoms with Crippen LogP contribution in [0, 0.1) is 5.82 Å². The molecule has 0 N–H and O–H groups in total. The van der Waals surface area contributed by atoms with Crippen molar-refractivity contribution in [3.05, 3.63) is 63.7 Å².